The van der Waals surface area contributed by atoms with Crippen molar-refractivity contribution < 1.29 is 13.6 Å². The van der Waals surface area contributed by atoms with Crippen LogP contribution in [0.1, 0.15) is 33.3 Å². The Morgan fingerprint density at radius 1 is 0.900 bits per heavy atom. The van der Waals surface area contributed by atoms with Gasteiger partial charge >= 0.3 is 0 Å². The van der Waals surface area contributed by atoms with Gasteiger partial charge in [-0.1, -0.05) is 60.7 Å². The minimum atomic E-state index is -0.568. The maximum absolute atomic E-state index is 13.8. The van der Waals surface area contributed by atoms with Gasteiger partial charge in [-0.15, -0.1) is 0 Å². The third kappa shape index (κ3) is 2.99. The van der Waals surface area contributed by atoms with Gasteiger partial charge in [0, 0.05) is 6.54 Å². The van der Waals surface area contributed by atoms with E-state index >= 15 is 0 Å². The minimum Gasteiger partial charge on any atom is -0.450 e. The summed E-state index contributed by atoms with van der Waals surface area (Å²) in [5.41, 5.74) is 2.04. The molecule has 30 heavy (non-hydrogen) atoms. The molecular weight excluding hydrogens is 381 g/mol. The van der Waals surface area contributed by atoms with E-state index in [-0.39, 0.29) is 33.6 Å². The number of carbonyl (C=O) groups is 1. The van der Waals surface area contributed by atoms with E-state index in [1.165, 1.54) is 18.2 Å². The van der Waals surface area contributed by atoms with Crippen LogP contribution in [0.5, 0.6) is 0 Å². The fraction of sp³-hybridized carbons (Fsp3) is 0.120. The molecule has 1 amide bonds. The highest BCUT2D eigenvalue weighted by atomic mass is 19.1. The zero-order valence-corrected chi connectivity index (χ0v) is 16.0. The van der Waals surface area contributed by atoms with Crippen molar-refractivity contribution >= 4 is 16.9 Å². The van der Waals surface area contributed by atoms with Crippen molar-refractivity contribution in [2.75, 3.05) is 6.54 Å². The number of hydrogen-bond acceptors (Lipinski definition) is 3. The smallest absolute Gasteiger partial charge is 0.290 e. The molecule has 1 aliphatic rings. The second kappa shape index (κ2) is 7.26. The van der Waals surface area contributed by atoms with Crippen LogP contribution in [0.2, 0.25) is 0 Å². The average Bonchev–Trinajstić information content (AvgIpc) is 3.06. The van der Waals surface area contributed by atoms with Crippen molar-refractivity contribution in [1.29, 1.82) is 0 Å². The number of nitrogens with zero attached hydrogens (tertiary/aromatic N) is 1. The highest BCUT2D eigenvalue weighted by molar-refractivity contribution is 5.99. The first-order valence-electron chi connectivity index (χ1n) is 9.79. The lowest BCUT2D eigenvalue weighted by Gasteiger charge is -2.25. The van der Waals surface area contributed by atoms with E-state index in [1.807, 2.05) is 60.7 Å². The van der Waals surface area contributed by atoms with Crippen LogP contribution in [-0.4, -0.2) is 17.4 Å². The summed E-state index contributed by atoms with van der Waals surface area (Å²) in [6.45, 7) is 0.427. The molecule has 5 heteroatoms. The van der Waals surface area contributed by atoms with Gasteiger partial charge in [-0.2, -0.15) is 0 Å². The molecule has 0 bridgehead atoms. The van der Waals surface area contributed by atoms with Gasteiger partial charge < -0.3 is 9.32 Å². The van der Waals surface area contributed by atoms with E-state index in [4.69, 9.17) is 4.42 Å². The first kappa shape index (κ1) is 18.3. The van der Waals surface area contributed by atoms with Crippen LogP contribution < -0.4 is 5.43 Å². The molecule has 1 aliphatic heterocycles. The lowest BCUT2D eigenvalue weighted by molar-refractivity contribution is 0.0730. The van der Waals surface area contributed by atoms with E-state index in [2.05, 4.69) is 0 Å². The van der Waals surface area contributed by atoms with Crippen LogP contribution >= 0.6 is 0 Å². The maximum Gasteiger partial charge on any atom is 0.290 e. The van der Waals surface area contributed by atoms with Crippen LogP contribution in [0.4, 0.5) is 4.39 Å². The summed E-state index contributed by atoms with van der Waals surface area (Å²) in [4.78, 5) is 28.3. The molecular formula is C25H18FNO3. The molecule has 0 saturated carbocycles. The fourth-order valence-corrected chi connectivity index (χ4v) is 4.10. The molecule has 0 fully saturated rings. The molecule has 1 atom stereocenters. The number of benzene rings is 3. The van der Waals surface area contributed by atoms with Crippen LogP contribution in [0.15, 0.2) is 88.1 Å². The zero-order valence-electron chi connectivity index (χ0n) is 16.0. The normalized spacial score (nSPS) is 15.6. The Kier molecular flexibility index (Phi) is 4.43. The largest absolute Gasteiger partial charge is 0.450 e. The molecule has 0 aliphatic carbocycles. The molecule has 5 rings (SSSR count). The second-order valence-electron chi connectivity index (χ2n) is 7.36. The number of carbonyl (C=O) groups excluding carboxylic acids is 1. The number of rotatable bonds is 4. The van der Waals surface area contributed by atoms with Crippen molar-refractivity contribution in [3.63, 3.8) is 0 Å². The van der Waals surface area contributed by atoms with E-state index in [0.29, 0.717) is 13.0 Å². The first-order valence-corrected chi connectivity index (χ1v) is 9.79. The number of hydrogen-bond donors (Lipinski definition) is 0. The Hall–Kier alpha value is -3.73. The molecule has 0 saturated heterocycles. The van der Waals surface area contributed by atoms with E-state index in [0.717, 1.165) is 11.1 Å². The van der Waals surface area contributed by atoms with Crippen molar-refractivity contribution in [3.8, 4) is 0 Å². The molecule has 3 aromatic carbocycles. The topological polar surface area (TPSA) is 50.5 Å². The molecule has 4 nitrogen and oxygen atoms in total. The maximum atomic E-state index is 13.8. The van der Waals surface area contributed by atoms with Crippen LogP contribution in [0.25, 0.3) is 11.0 Å². The molecule has 0 N–H and O–H groups in total. The van der Waals surface area contributed by atoms with Crippen molar-refractivity contribution in [2.24, 2.45) is 0 Å². The van der Waals surface area contributed by atoms with Gasteiger partial charge in [-0.25, -0.2) is 4.39 Å². The summed E-state index contributed by atoms with van der Waals surface area (Å²) in [5, 5.41) is 0.146. The van der Waals surface area contributed by atoms with E-state index in [1.54, 1.807) is 4.90 Å². The van der Waals surface area contributed by atoms with Gasteiger partial charge in [-0.3, -0.25) is 9.59 Å². The highest BCUT2D eigenvalue weighted by Gasteiger charge is 2.42. The molecule has 0 radical (unpaired) electrons. The monoisotopic (exact) mass is 399 g/mol. The number of amides is 1. The summed E-state index contributed by atoms with van der Waals surface area (Å²) in [7, 11) is 0. The molecule has 1 aromatic heterocycles. The Labute approximate surface area is 172 Å². The summed E-state index contributed by atoms with van der Waals surface area (Å²) < 4.78 is 19.6. The second-order valence-corrected chi connectivity index (χ2v) is 7.36. The summed E-state index contributed by atoms with van der Waals surface area (Å²) in [6, 6.07) is 22.5. The predicted molar refractivity (Wildman–Crippen MR) is 112 cm³/mol. The third-order valence-corrected chi connectivity index (χ3v) is 5.53. The van der Waals surface area contributed by atoms with E-state index in [9.17, 15) is 14.0 Å². The molecule has 2 heterocycles. The zero-order chi connectivity index (χ0) is 20.7. The highest BCUT2D eigenvalue weighted by Crippen LogP contribution is 2.38. The van der Waals surface area contributed by atoms with Crippen molar-refractivity contribution in [2.45, 2.75) is 12.5 Å². The van der Waals surface area contributed by atoms with Crippen LogP contribution in [0.3, 0.4) is 0 Å². The fourth-order valence-electron chi connectivity index (χ4n) is 4.10. The molecule has 4 aromatic rings. The lowest BCUT2D eigenvalue weighted by atomic mass is 9.98. The lowest BCUT2D eigenvalue weighted by Crippen LogP contribution is -2.31. The van der Waals surface area contributed by atoms with Gasteiger partial charge in [0.2, 0.25) is 5.76 Å². The Bertz CT molecular complexity index is 1300. The molecule has 148 valence electrons. The number of fused-ring (bicyclic) bond motifs is 2. The Morgan fingerprint density at radius 2 is 1.60 bits per heavy atom. The van der Waals surface area contributed by atoms with Gasteiger partial charge in [0.1, 0.15) is 11.4 Å². The van der Waals surface area contributed by atoms with Crippen molar-refractivity contribution in [1.82, 2.24) is 4.90 Å². The van der Waals surface area contributed by atoms with Gasteiger partial charge in [0.15, 0.2) is 5.43 Å². The number of halogens is 1. The quantitative estimate of drug-likeness (QED) is 0.499. The minimum absolute atomic E-state index is 0.0426. The van der Waals surface area contributed by atoms with Crippen molar-refractivity contribution in [3.05, 3.63) is 117 Å². The predicted octanol–water partition coefficient (Wildman–Crippen LogP) is 4.72. The van der Waals surface area contributed by atoms with Crippen LogP contribution in [-0.2, 0) is 6.42 Å². The summed E-state index contributed by atoms with van der Waals surface area (Å²) in [6.07, 6.45) is 0.645. The third-order valence-electron chi connectivity index (χ3n) is 5.53. The standard InChI is InChI=1S/C25H18FNO3/c26-18-11-12-20-19(15-18)23(28)21-22(17-9-5-2-6-10-17)27(25(29)24(21)30-20)14-13-16-7-3-1-4-8-16/h1-12,15,22H,13-14H2/t22-/m0/s1. The SMILES string of the molecule is O=C1c2oc3ccc(F)cc3c(=O)c2[C@H](c2ccccc2)N1CCc1ccccc1. The molecule has 0 spiro atoms. The summed E-state index contributed by atoms with van der Waals surface area (Å²) >= 11 is 0. The Morgan fingerprint density at radius 3 is 2.33 bits per heavy atom. The van der Waals surface area contributed by atoms with Gasteiger partial charge in [0.05, 0.1) is 17.0 Å². The molecule has 0 unspecified atom stereocenters. The average molecular weight is 399 g/mol. The van der Waals surface area contributed by atoms with Crippen LogP contribution in [0, 0.1) is 5.82 Å². The van der Waals surface area contributed by atoms with Gasteiger partial charge in [0.25, 0.3) is 5.91 Å². The van der Waals surface area contributed by atoms with E-state index < -0.39 is 11.9 Å². The Balaban J connectivity index is 1.65. The van der Waals surface area contributed by atoms with Gasteiger partial charge in [-0.05, 0) is 35.7 Å². The summed E-state index contributed by atoms with van der Waals surface area (Å²) in [5.74, 6) is -0.796. The first-order chi connectivity index (χ1) is 14.6.